The molecule has 5 aliphatic rings. The van der Waals surface area contributed by atoms with Crippen molar-refractivity contribution in [2.24, 2.45) is 23.7 Å². The average molecular weight is 703 g/mol. The molecule has 0 aromatic heterocycles. The lowest BCUT2D eigenvalue weighted by Gasteiger charge is -2.47. The highest BCUT2D eigenvalue weighted by Crippen LogP contribution is 2.47. The molecule has 260 valence electrons. The van der Waals surface area contributed by atoms with Gasteiger partial charge in [0.05, 0.1) is 35.3 Å². The molecule has 7 rings (SSSR count). The topological polar surface area (TPSA) is 111 Å². The van der Waals surface area contributed by atoms with Crippen molar-refractivity contribution < 1.29 is 36.6 Å². The third kappa shape index (κ3) is 7.09. The number of allylic oxidation sites excluding steroid dienone is 1. The number of nitrogens with zero attached hydrogens (tertiary/aromatic N) is 1. The maximum atomic E-state index is 15.5. The zero-order chi connectivity index (χ0) is 34.2. The van der Waals surface area contributed by atoms with Crippen LogP contribution < -0.4 is 14.4 Å². The van der Waals surface area contributed by atoms with E-state index in [1.54, 1.807) is 38.1 Å². The first-order chi connectivity index (χ1) is 23.0. The number of anilines is 1. The smallest absolute Gasteiger partial charge is 0.332 e. The summed E-state index contributed by atoms with van der Waals surface area (Å²) in [6.45, 7) is 6.60. The predicted molar refractivity (Wildman–Crippen MR) is 181 cm³/mol. The van der Waals surface area contributed by atoms with E-state index in [1.807, 2.05) is 13.0 Å². The van der Waals surface area contributed by atoms with Gasteiger partial charge in [-0.25, -0.2) is 22.3 Å². The monoisotopic (exact) mass is 702 g/mol. The van der Waals surface area contributed by atoms with Crippen LogP contribution in [0.25, 0.3) is 0 Å². The Morgan fingerprint density at radius 1 is 1.17 bits per heavy atom. The molecule has 0 unspecified atom stereocenters. The normalized spacial score (nSPS) is 28.5. The van der Waals surface area contributed by atoms with Crippen LogP contribution in [0.4, 0.5) is 10.1 Å². The molecule has 4 bridgehead atoms. The van der Waals surface area contributed by atoms with Crippen molar-refractivity contribution in [3.05, 3.63) is 69.5 Å². The van der Waals surface area contributed by atoms with Gasteiger partial charge in [-0.05, 0) is 117 Å². The van der Waals surface area contributed by atoms with Gasteiger partial charge in [0, 0.05) is 18.7 Å². The van der Waals surface area contributed by atoms with E-state index in [0.717, 1.165) is 24.0 Å². The highest BCUT2D eigenvalue weighted by molar-refractivity contribution is 7.90. The van der Waals surface area contributed by atoms with Gasteiger partial charge < -0.3 is 19.1 Å². The molecule has 3 heterocycles. The fourth-order valence-corrected chi connectivity index (χ4v) is 8.97. The summed E-state index contributed by atoms with van der Waals surface area (Å²) in [5.41, 5.74) is 3.20. The molecule has 0 saturated heterocycles. The molecule has 12 heteroatoms. The highest BCUT2D eigenvalue weighted by atomic mass is 35.5. The average Bonchev–Trinajstić information content (AvgIpc) is 3.05. The molecule has 0 spiro atoms. The maximum Gasteiger partial charge on any atom is 0.332 e. The van der Waals surface area contributed by atoms with E-state index in [-0.39, 0.29) is 53.6 Å². The highest BCUT2D eigenvalue weighted by Gasteiger charge is 2.45. The second-order valence-corrected chi connectivity index (χ2v) is 16.0. The first-order valence-electron chi connectivity index (χ1n) is 17.0. The van der Waals surface area contributed by atoms with Crippen LogP contribution in [-0.4, -0.2) is 58.0 Å². The van der Waals surface area contributed by atoms with Gasteiger partial charge in [0.1, 0.15) is 18.2 Å². The van der Waals surface area contributed by atoms with Crippen LogP contribution in [0.2, 0.25) is 5.02 Å². The molecule has 1 saturated carbocycles. The fourth-order valence-electron chi connectivity index (χ4n) is 7.46. The largest absolute Gasteiger partial charge is 0.491 e. The van der Waals surface area contributed by atoms with Crippen molar-refractivity contribution in [3.63, 3.8) is 0 Å². The summed E-state index contributed by atoms with van der Waals surface area (Å²) in [7, 11) is -4.03. The lowest BCUT2D eigenvalue weighted by molar-refractivity contribution is -0.152. The van der Waals surface area contributed by atoms with Crippen LogP contribution in [0.15, 0.2) is 42.0 Å². The Bertz CT molecular complexity index is 1700. The first kappa shape index (κ1) is 34.7. The van der Waals surface area contributed by atoms with E-state index < -0.39 is 33.0 Å². The summed E-state index contributed by atoms with van der Waals surface area (Å²) in [6, 6.07) is 8.40. The van der Waals surface area contributed by atoms with Crippen LogP contribution >= 0.6 is 11.6 Å². The standard InChI is InChI=1S/C36H44ClFN2O7S/c1-4-45-33(41)20-47-35-27-15-26(16-27)21(2)22(3)48(43,44)39-36(42)23-10-13-32-31(17-23)40(19-25-8-11-29(25)35)18-24-9-12-30(37)34(38)28(24)7-5-6-14-46-32/h9-10,12-13,15,17,21-22,25-26,29,35H,4-8,11,14,16,18-20H2,1-3H3,(H,39,42)/t21-,22-,25+,26+,29-,35+/m1/s1. The summed E-state index contributed by atoms with van der Waals surface area (Å²) < 4.78 is 62.5. The number of amides is 1. The van der Waals surface area contributed by atoms with Gasteiger partial charge in [0.15, 0.2) is 0 Å². The van der Waals surface area contributed by atoms with E-state index in [1.165, 1.54) is 0 Å². The Hall–Kier alpha value is -3.15. The molecule has 48 heavy (non-hydrogen) atoms. The number of carbonyl (C=O) groups excluding carboxylic acids is 2. The van der Waals surface area contributed by atoms with Gasteiger partial charge in [0.25, 0.3) is 5.91 Å². The number of carbonyl (C=O) groups is 2. The number of ether oxygens (including phenoxy) is 3. The van der Waals surface area contributed by atoms with Crippen molar-refractivity contribution in [2.45, 2.75) is 77.2 Å². The van der Waals surface area contributed by atoms with Gasteiger partial charge in [-0.1, -0.05) is 30.7 Å². The number of hydrogen-bond acceptors (Lipinski definition) is 8. The minimum atomic E-state index is -4.03. The maximum absolute atomic E-state index is 15.5. The van der Waals surface area contributed by atoms with Crippen molar-refractivity contribution in [1.82, 2.24) is 4.72 Å². The van der Waals surface area contributed by atoms with Crippen LogP contribution in [0.3, 0.4) is 0 Å². The lowest BCUT2D eigenvalue weighted by Crippen LogP contribution is -2.48. The number of nitrogens with one attached hydrogen (secondary N) is 1. The number of benzene rings is 2. The quantitative estimate of drug-likeness (QED) is 0.296. The molecule has 1 N–H and O–H groups in total. The first-order valence-corrected chi connectivity index (χ1v) is 18.9. The van der Waals surface area contributed by atoms with Crippen molar-refractivity contribution >= 4 is 39.2 Å². The van der Waals surface area contributed by atoms with Gasteiger partial charge in [0.2, 0.25) is 10.0 Å². The van der Waals surface area contributed by atoms with E-state index >= 15 is 4.39 Å². The minimum Gasteiger partial charge on any atom is -0.491 e. The fraction of sp³-hybridized carbons (Fsp3) is 0.556. The van der Waals surface area contributed by atoms with Crippen LogP contribution in [0.1, 0.15) is 74.4 Å². The summed E-state index contributed by atoms with van der Waals surface area (Å²) >= 11 is 6.24. The molecule has 1 fully saturated rings. The van der Waals surface area contributed by atoms with Crippen molar-refractivity contribution in [3.8, 4) is 5.75 Å². The molecule has 6 atom stereocenters. The van der Waals surface area contributed by atoms with Gasteiger partial charge >= 0.3 is 5.97 Å². The number of sulfonamides is 1. The van der Waals surface area contributed by atoms with E-state index in [0.29, 0.717) is 62.4 Å². The zero-order valence-electron chi connectivity index (χ0n) is 27.7. The van der Waals surface area contributed by atoms with E-state index in [9.17, 15) is 18.0 Å². The summed E-state index contributed by atoms with van der Waals surface area (Å²) in [5.74, 6) is -1.05. The van der Waals surface area contributed by atoms with Gasteiger partial charge in [-0.15, -0.1) is 0 Å². The number of fused-ring (bicyclic) bond motifs is 5. The lowest BCUT2D eigenvalue weighted by atomic mass is 9.64. The summed E-state index contributed by atoms with van der Waals surface area (Å²) in [4.78, 5) is 28.0. The summed E-state index contributed by atoms with van der Waals surface area (Å²) in [6.07, 6.45) is 6.09. The van der Waals surface area contributed by atoms with E-state index in [4.69, 9.17) is 25.8 Å². The van der Waals surface area contributed by atoms with Gasteiger partial charge in [-0.3, -0.25) is 4.79 Å². The zero-order valence-corrected chi connectivity index (χ0v) is 29.2. The number of halogens is 2. The van der Waals surface area contributed by atoms with Crippen LogP contribution in [0.5, 0.6) is 5.75 Å². The number of esters is 1. The van der Waals surface area contributed by atoms with Crippen LogP contribution in [-0.2, 0) is 37.3 Å². The Morgan fingerprint density at radius 2 is 1.96 bits per heavy atom. The molecule has 9 nitrogen and oxygen atoms in total. The number of rotatable bonds is 4. The van der Waals surface area contributed by atoms with Crippen LogP contribution in [0, 0.1) is 29.5 Å². The number of hydrogen-bond donors (Lipinski definition) is 1. The Morgan fingerprint density at radius 3 is 2.69 bits per heavy atom. The molecular formula is C36H44ClFN2O7S. The second-order valence-electron chi connectivity index (χ2n) is 13.6. The molecule has 0 radical (unpaired) electrons. The Balaban J connectivity index is 1.44. The van der Waals surface area contributed by atoms with Crippen molar-refractivity contribution in [2.75, 3.05) is 31.3 Å². The van der Waals surface area contributed by atoms with Crippen molar-refractivity contribution in [1.29, 1.82) is 0 Å². The molecule has 2 aromatic rings. The third-order valence-corrected chi connectivity index (χ3v) is 12.9. The second kappa shape index (κ2) is 14.4. The predicted octanol–water partition coefficient (Wildman–Crippen LogP) is 6.22. The Labute approximate surface area is 287 Å². The molecule has 3 aliphatic heterocycles. The molecular weight excluding hydrogens is 659 g/mol. The van der Waals surface area contributed by atoms with E-state index in [2.05, 4.69) is 15.7 Å². The minimum absolute atomic E-state index is 0.0194. The third-order valence-electron chi connectivity index (χ3n) is 10.7. The Kier molecular flexibility index (Phi) is 10.4. The van der Waals surface area contributed by atoms with Gasteiger partial charge in [-0.2, -0.15) is 0 Å². The summed E-state index contributed by atoms with van der Waals surface area (Å²) in [5, 5.41) is -0.768. The molecule has 2 aromatic carbocycles. The molecule has 2 aliphatic carbocycles. The SMILES string of the molecule is CCOC(=O)CO[C@H]1C2=C[C@@H](C2)[C@H](C)[C@@H](C)S(=O)(=O)NC(=O)c2ccc3c(c2)N(Cc2ccc(Cl)c(F)c2CCCCO3)C[C@@H]2CC[C@H]21. The molecule has 1 amide bonds.